The molecule has 0 atom stereocenters. The van der Waals surface area contributed by atoms with E-state index in [0.717, 1.165) is 61.4 Å². The standard InChI is InChI=1S/C112H71N3/c1-6-28-72(29-7-1)109-91-42-16-18-44-93(91)110(94-45-19-17-43-92(94)109)73-50-56-82(57-51-73)113-107-64-54-76(74-52-62-105-95(66-74)89-40-22-26-48-103(89)114(105)83-58-60-87-85-38-20-24-46-99(85)111(101(87)70-83,78-30-8-2-9-31-78)79-32-10-3-11-33-79)68-97(107)98-69-77(55-65-108(98)113)75-53-63-106-96(67-75)90-41-23-27-49-104(90)115(106)84-59-61-88-86-39-21-25-47-100(86)112(102(88)71-84,80-34-12-4-13-35-80)81-36-14-5-15-37-81/h1-71H. The summed E-state index contributed by atoms with van der Waals surface area (Å²) in [6, 6.07) is 162. The zero-order valence-corrected chi connectivity index (χ0v) is 62.8. The summed E-state index contributed by atoms with van der Waals surface area (Å²) in [6.07, 6.45) is 0. The lowest BCUT2D eigenvalue weighted by atomic mass is 9.67. The van der Waals surface area contributed by atoms with Gasteiger partial charge in [0.05, 0.1) is 43.9 Å². The average Bonchev–Trinajstić information content (AvgIpc) is 1.64. The number of fused-ring (bicyclic) bond motifs is 17. The summed E-state index contributed by atoms with van der Waals surface area (Å²) in [5.74, 6) is 0. The highest BCUT2D eigenvalue weighted by Gasteiger charge is 2.48. The third-order valence-corrected chi connectivity index (χ3v) is 25.6. The number of rotatable bonds is 11. The molecule has 3 aromatic heterocycles. The minimum absolute atomic E-state index is 0.529. The van der Waals surface area contributed by atoms with E-state index in [1.807, 2.05) is 0 Å². The zero-order chi connectivity index (χ0) is 75.5. The molecule has 22 aromatic rings. The van der Waals surface area contributed by atoms with Crippen LogP contribution in [-0.4, -0.2) is 13.7 Å². The lowest BCUT2D eigenvalue weighted by Gasteiger charge is -2.34. The summed E-state index contributed by atoms with van der Waals surface area (Å²) in [4.78, 5) is 0. The third-order valence-electron chi connectivity index (χ3n) is 25.6. The van der Waals surface area contributed by atoms with Gasteiger partial charge in [0.1, 0.15) is 0 Å². The Bertz CT molecular complexity index is 7240. The maximum Gasteiger partial charge on any atom is 0.0714 e. The molecule has 3 heteroatoms. The van der Waals surface area contributed by atoms with Crippen LogP contribution in [0.5, 0.6) is 0 Å². The van der Waals surface area contributed by atoms with Crippen LogP contribution in [0.1, 0.15) is 44.5 Å². The predicted molar refractivity (Wildman–Crippen MR) is 481 cm³/mol. The van der Waals surface area contributed by atoms with Crippen LogP contribution in [0.25, 0.3) is 171 Å². The summed E-state index contributed by atoms with van der Waals surface area (Å²) in [5.41, 5.74) is 34.1. The number of para-hydroxylation sites is 2. The van der Waals surface area contributed by atoms with Crippen molar-refractivity contribution in [1.82, 2.24) is 13.7 Å². The van der Waals surface area contributed by atoms with Gasteiger partial charge in [-0.25, -0.2) is 0 Å². The highest BCUT2D eigenvalue weighted by Crippen LogP contribution is 2.59. The molecule has 0 saturated carbocycles. The van der Waals surface area contributed by atoms with Gasteiger partial charge in [0.2, 0.25) is 0 Å². The highest BCUT2D eigenvalue weighted by atomic mass is 15.0. The third kappa shape index (κ3) is 9.41. The van der Waals surface area contributed by atoms with Crippen LogP contribution < -0.4 is 0 Å². The SMILES string of the molecule is c1ccc(-c2c3ccccc3c(-c3ccc(-n4c5ccc(-c6ccc7c(c6)c6ccccc6n7-c6ccc7c(c6)C(c6ccccc6)(c6ccccc6)c6ccccc6-7)cc5c5cc(-c6ccc7c(c6)c6ccccc6n7-c6ccc7c(c6)C(c6ccccc6)(c6ccccc6)c6ccccc6-7)ccc54)cc3)c3ccccc23)cc1. The van der Waals surface area contributed by atoms with Crippen LogP contribution >= 0.6 is 0 Å². The van der Waals surface area contributed by atoms with E-state index in [9.17, 15) is 0 Å². The number of hydrogen-bond acceptors (Lipinski definition) is 0. The largest absolute Gasteiger partial charge is 0.309 e. The number of benzene rings is 19. The van der Waals surface area contributed by atoms with Crippen molar-refractivity contribution in [2.45, 2.75) is 10.8 Å². The summed E-state index contributed by atoms with van der Waals surface area (Å²) in [6.45, 7) is 0. The van der Waals surface area contributed by atoms with Crippen LogP contribution in [0.4, 0.5) is 0 Å². The first kappa shape index (κ1) is 64.9. The van der Waals surface area contributed by atoms with Gasteiger partial charge in [0.15, 0.2) is 0 Å². The van der Waals surface area contributed by atoms with Crippen molar-refractivity contribution in [3.63, 3.8) is 0 Å². The van der Waals surface area contributed by atoms with Gasteiger partial charge in [-0.15, -0.1) is 0 Å². The van der Waals surface area contributed by atoms with Gasteiger partial charge >= 0.3 is 0 Å². The minimum Gasteiger partial charge on any atom is -0.309 e. The number of hydrogen-bond donors (Lipinski definition) is 0. The van der Waals surface area contributed by atoms with Crippen molar-refractivity contribution >= 4 is 87.0 Å². The maximum absolute atomic E-state index is 2.50. The molecule has 0 unspecified atom stereocenters. The summed E-state index contributed by atoms with van der Waals surface area (Å²) < 4.78 is 7.48. The molecule has 0 aliphatic heterocycles. The van der Waals surface area contributed by atoms with E-state index < -0.39 is 10.8 Å². The van der Waals surface area contributed by atoms with Gasteiger partial charge < -0.3 is 13.7 Å². The van der Waals surface area contributed by atoms with Gasteiger partial charge in [-0.05, 0) is 230 Å². The first-order valence-corrected chi connectivity index (χ1v) is 40.0. The van der Waals surface area contributed by atoms with E-state index >= 15 is 0 Å². The van der Waals surface area contributed by atoms with Gasteiger partial charge in [-0.3, -0.25) is 0 Å². The lowest BCUT2D eigenvalue weighted by Crippen LogP contribution is -2.28. The molecular formula is C112H71N3. The first-order valence-electron chi connectivity index (χ1n) is 40.0. The smallest absolute Gasteiger partial charge is 0.0714 e. The Morgan fingerprint density at radius 2 is 0.400 bits per heavy atom. The normalized spacial score (nSPS) is 13.2. The second-order valence-corrected chi connectivity index (χ2v) is 31.2. The van der Waals surface area contributed by atoms with Crippen LogP contribution in [-0.2, 0) is 10.8 Å². The van der Waals surface area contributed by atoms with Crippen molar-refractivity contribution in [2.75, 3.05) is 0 Å². The molecule has 0 N–H and O–H groups in total. The van der Waals surface area contributed by atoms with E-state index in [-0.39, 0.29) is 0 Å². The Morgan fingerprint density at radius 1 is 0.148 bits per heavy atom. The summed E-state index contributed by atoms with van der Waals surface area (Å²) in [5, 5.41) is 12.2. The van der Waals surface area contributed by atoms with Gasteiger partial charge in [0.25, 0.3) is 0 Å². The Morgan fingerprint density at radius 3 is 0.765 bits per heavy atom. The van der Waals surface area contributed by atoms with Crippen molar-refractivity contribution in [3.8, 4) is 83.8 Å². The number of nitrogens with zero attached hydrogens (tertiary/aromatic N) is 3. The minimum atomic E-state index is -0.529. The highest BCUT2D eigenvalue weighted by molar-refractivity contribution is 6.22. The van der Waals surface area contributed by atoms with Crippen LogP contribution in [0.2, 0.25) is 0 Å². The molecule has 115 heavy (non-hydrogen) atoms. The van der Waals surface area contributed by atoms with Gasteiger partial charge in [-0.1, -0.05) is 334 Å². The molecule has 0 fully saturated rings. The quantitative estimate of drug-likeness (QED) is 0.115. The monoisotopic (exact) mass is 1460 g/mol. The second-order valence-electron chi connectivity index (χ2n) is 31.2. The van der Waals surface area contributed by atoms with Crippen molar-refractivity contribution in [3.05, 3.63) is 475 Å². The molecule has 0 saturated heterocycles. The van der Waals surface area contributed by atoms with E-state index in [1.165, 1.54) is 154 Å². The first-order chi connectivity index (χ1) is 57.1. The van der Waals surface area contributed by atoms with Crippen LogP contribution in [0, 0.1) is 0 Å². The van der Waals surface area contributed by atoms with Gasteiger partial charge in [0, 0.05) is 49.4 Å². The van der Waals surface area contributed by atoms with E-state index in [4.69, 9.17) is 0 Å². The molecule has 2 aliphatic carbocycles. The molecule has 534 valence electrons. The molecule has 24 rings (SSSR count). The molecule has 0 bridgehead atoms. The van der Waals surface area contributed by atoms with Crippen molar-refractivity contribution < 1.29 is 0 Å². The predicted octanol–water partition coefficient (Wildman–Crippen LogP) is 28.7. The van der Waals surface area contributed by atoms with Crippen molar-refractivity contribution in [2.24, 2.45) is 0 Å². The molecule has 3 heterocycles. The molecular weight excluding hydrogens is 1390 g/mol. The average molecular weight is 1460 g/mol. The van der Waals surface area contributed by atoms with Crippen LogP contribution in [0.15, 0.2) is 431 Å². The Balaban J connectivity index is 0.670. The molecule has 0 radical (unpaired) electrons. The van der Waals surface area contributed by atoms with E-state index in [2.05, 4.69) is 444 Å². The fraction of sp³-hybridized carbons (Fsp3) is 0.0179. The Kier molecular flexibility index (Phi) is 14.3. The molecule has 3 nitrogen and oxygen atoms in total. The Labute approximate surface area is 666 Å². The topological polar surface area (TPSA) is 14.8 Å². The van der Waals surface area contributed by atoms with E-state index in [0.29, 0.717) is 0 Å². The lowest BCUT2D eigenvalue weighted by molar-refractivity contribution is 0.767. The molecule has 0 spiro atoms. The fourth-order valence-electron chi connectivity index (χ4n) is 20.8. The molecule has 2 aliphatic rings. The molecule has 19 aromatic carbocycles. The fourth-order valence-corrected chi connectivity index (χ4v) is 20.8. The van der Waals surface area contributed by atoms with Crippen LogP contribution in [0.3, 0.4) is 0 Å². The number of aromatic nitrogens is 3. The summed E-state index contributed by atoms with van der Waals surface area (Å²) in [7, 11) is 0. The summed E-state index contributed by atoms with van der Waals surface area (Å²) >= 11 is 0. The van der Waals surface area contributed by atoms with E-state index in [1.54, 1.807) is 0 Å². The zero-order valence-electron chi connectivity index (χ0n) is 62.8. The second kappa shape index (κ2) is 25.3. The maximum atomic E-state index is 2.50. The van der Waals surface area contributed by atoms with Gasteiger partial charge in [-0.2, -0.15) is 0 Å². The van der Waals surface area contributed by atoms with Crippen molar-refractivity contribution in [1.29, 1.82) is 0 Å². The Hall–Kier alpha value is -14.9. The molecule has 0 amide bonds.